The van der Waals surface area contributed by atoms with Crippen LogP contribution in [-0.4, -0.2) is 22.0 Å². The molecule has 0 atom stereocenters. The molecule has 1 heterocycles. The molecule has 4 heteroatoms. The Morgan fingerprint density at radius 1 is 1.44 bits per heavy atom. The van der Waals surface area contributed by atoms with Crippen LogP contribution in [0, 0.1) is 0 Å². The van der Waals surface area contributed by atoms with Gasteiger partial charge in [-0.15, -0.1) is 11.6 Å². The van der Waals surface area contributed by atoms with Crippen molar-refractivity contribution in [3.63, 3.8) is 0 Å². The number of para-hydroxylation sites is 1. The molecule has 0 saturated heterocycles. The summed E-state index contributed by atoms with van der Waals surface area (Å²) in [5.41, 5.74) is 2.16. The van der Waals surface area contributed by atoms with Crippen molar-refractivity contribution in [1.29, 1.82) is 0 Å². The highest BCUT2D eigenvalue weighted by atomic mass is 35.5. The summed E-state index contributed by atoms with van der Waals surface area (Å²) < 4.78 is 8.00. The molecular weight excluding hydrogens is 248 g/mol. The first-order chi connectivity index (χ1) is 8.85. The Morgan fingerprint density at radius 3 is 2.94 bits per heavy atom. The van der Waals surface area contributed by atoms with Gasteiger partial charge in [0.1, 0.15) is 17.1 Å². The third kappa shape index (κ3) is 1.97. The predicted octanol–water partition coefficient (Wildman–Crippen LogP) is 3.55. The van der Waals surface area contributed by atoms with E-state index >= 15 is 0 Å². The highest BCUT2D eigenvalue weighted by Crippen LogP contribution is 2.40. The number of aromatic nitrogens is 2. The normalized spacial score (nSPS) is 15.2. The number of fused-ring (bicyclic) bond motifs is 1. The Morgan fingerprint density at radius 2 is 2.28 bits per heavy atom. The quantitative estimate of drug-likeness (QED) is 0.772. The Balaban J connectivity index is 2.16. The highest BCUT2D eigenvalue weighted by molar-refractivity contribution is 6.17. The topological polar surface area (TPSA) is 27.1 Å². The van der Waals surface area contributed by atoms with Gasteiger partial charge in [0.15, 0.2) is 0 Å². The van der Waals surface area contributed by atoms with Crippen LogP contribution >= 0.6 is 11.6 Å². The van der Waals surface area contributed by atoms with Gasteiger partial charge in [-0.1, -0.05) is 6.07 Å². The molecule has 1 aromatic heterocycles. The zero-order valence-corrected chi connectivity index (χ0v) is 11.3. The van der Waals surface area contributed by atoms with Gasteiger partial charge in [0.05, 0.1) is 12.1 Å². The first kappa shape index (κ1) is 11.8. The smallest absolute Gasteiger partial charge is 0.147 e. The van der Waals surface area contributed by atoms with Crippen LogP contribution in [0.4, 0.5) is 0 Å². The molecule has 1 aliphatic carbocycles. The van der Waals surface area contributed by atoms with E-state index in [0.29, 0.717) is 18.5 Å². The number of rotatable bonds is 5. The lowest BCUT2D eigenvalue weighted by Crippen LogP contribution is -2.02. The molecule has 1 aromatic carbocycles. The minimum Gasteiger partial charge on any atom is -0.492 e. The van der Waals surface area contributed by atoms with Crippen LogP contribution in [-0.2, 0) is 6.42 Å². The van der Waals surface area contributed by atoms with E-state index in [9.17, 15) is 0 Å². The van der Waals surface area contributed by atoms with Crippen molar-refractivity contribution in [2.45, 2.75) is 32.2 Å². The van der Waals surface area contributed by atoms with Gasteiger partial charge in [-0.05, 0) is 31.9 Å². The molecule has 18 heavy (non-hydrogen) atoms. The number of hydrogen-bond acceptors (Lipinski definition) is 2. The van der Waals surface area contributed by atoms with Crippen molar-refractivity contribution >= 4 is 22.6 Å². The van der Waals surface area contributed by atoms with E-state index in [2.05, 4.69) is 10.6 Å². The van der Waals surface area contributed by atoms with Gasteiger partial charge in [0, 0.05) is 18.3 Å². The van der Waals surface area contributed by atoms with Crippen LogP contribution in [0.15, 0.2) is 18.2 Å². The van der Waals surface area contributed by atoms with E-state index < -0.39 is 0 Å². The molecule has 0 N–H and O–H groups in total. The lowest BCUT2D eigenvalue weighted by Gasteiger charge is -2.06. The van der Waals surface area contributed by atoms with Crippen LogP contribution < -0.4 is 4.74 Å². The van der Waals surface area contributed by atoms with Gasteiger partial charge in [-0.2, -0.15) is 0 Å². The van der Waals surface area contributed by atoms with Crippen molar-refractivity contribution in [3.8, 4) is 5.75 Å². The summed E-state index contributed by atoms with van der Waals surface area (Å²) in [6.07, 6.45) is 3.32. The molecular formula is C14H17ClN2O. The molecule has 3 nitrogen and oxygen atoms in total. The zero-order chi connectivity index (χ0) is 12.5. The largest absolute Gasteiger partial charge is 0.492 e. The third-order valence-electron chi connectivity index (χ3n) is 3.29. The number of ether oxygens (including phenoxy) is 1. The standard InChI is InChI=1S/C14H17ClN2O/c1-2-18-12-5-3-4-11-14(12)16-13(8-9-15)17(11)10-6-7-10/h3-5,10H,2,6-9H2,1H3. The van der Waals surface area contributed by atoms with E-state index in [1.54, 1.807) is 0 Å². The van der Waals surface area contributed by atoms with Crippen molar-refractivity contribution in [2.24, 2.45) is 0 Å². The monoisotopic (exact) mass is 264 g/mol. The lowest BCUT2D eigenvalue weighted by atomic mass is 10.3. The summed E-state index contributed by atoms with van der Waals surface area (Å²) in [5, 5.41) is 0. The Kier molecular flexibility index (Phi) is 3.16. The summed E-state index contributed by atoms with van der Waals surface area (Å²) in [7, 11) is 0. The number of hydrogen-bond donors (Lipinski definition) is 0. The molecule has 0 bridgehead atoms. The Hall–Kier alpha value is -1.22. The Bertz CT molecular complexity index is 560. The van der Waals surface area contributed by atoms with Crippen molar-refractivity contribution in [3.05, 3.63) is 24.0 Å². The van der Waals surface area contributed by atoms with Crippen molar-refractivity contribution in [1.82, 2.24) is 9.55 Å². The molecule has 1 saturated carbocycles. The molecule has 3 rings (SSSR count). The average molecular weight is 265 g/mol. The molecule has 96 valence electrons. The van der Waals surface area contributed by atoms with Crippen LogP contribution in [0.1, 0.15) is 31.6 Å². The minimum atomic E-state index is 0.611. The molecule has 0 unspecified atom stereocenters. The number of benzene rings is 1. The second-order valence-electron chi connectivity index (χ2n) is 4.63. The molecule has 1 fully saturated rings. The van der Waals surface area contributed by atoms with Crippen molar-refractivity contribution < 1.29 is 4.74 Å². The number of imidazole rings is 1. The number of nitrogens with zero attached hydrogens (tertiary/aromatic N) is 2. The van der Waals surface area contributed by atoms with Gasteiger partial charge < -0.3 is 9.30 Å². The SMILES string of the molecule is CCOc1cccc2c1nc(CCCl)n2C1CC1. The van der Waals surface area contributed by atoms with Gasteiger partial charge in [0.2, 0.25) is 0 Å². The molecule has 2 aromatic rings. The molecule has 0 radical (unpaired) electrons. The van der Waals surface area contributed by atoms with E-state index in [1.165, 1.54) is 18.4 Å². The fourth-order valence-corrected chi connectivity index (χ4v) is 2.58. The Labute approximate surface area is 112 Å². The maximum atomic E-state index is 5.88. The van der Waals surface area contributed by atoms with Gasteiger partial charge >= 0.3 is 0 Å². The fraction of sp³-hybridized carbons (Fsp3) is 0.500. The third-order valence-corrected chi connectivity index (χ3v) is 3.48. The van der Waals surface area contributed by atoms with Crippen LogP contribution in [0.25, 0.3) is 11.0 Å². The molecule has 0 amide bonds. The van der Waals surface area contributed by atoms with Gasteiger partial charge in [-0.25, -0.2) is 4.98 Å². The minimum absolute atomic E-state index is 0.611. The molecule has 1 aliphatic rings. The summed E-state index contributed by atoms with van der Waals surface area (Å²) in [6.45, 7) is 2.66. The fourth-order valence-electron chi connectivity index (χ4n) is 2.41. The molecule has 0 spiro atoms. The molecule has 0 aliphatic heterocycles. The van der Waals surface area contributed by atoms with Crippen LogP contribution in [0.5, 0.6) is 5.75 Å². The first-order valence-electron chi connectivity index (χ1n) is 6.53. The maximum Gasteiger partial charge on any atom is 0.147 e. The van der Waals surface area contributed by atoms with E-state index in [1.807, 2.05) is 19.1 Å². The number of alkyl halides is 1. The van der Waals surface area contributed by atoms with Crippen LogP contribution in [0.2, 0.25) is 0 Å². The van der Waals surface area contributed by atoms with Crippen LogP contribution in [0.3, 0.4) is 0 Å². The van der Waals surface area contributed by atoms with E-state index in [0.717, 1.165) is 23.5 Å². The van der Waals surface area contributed by atoms with E-state index in [-0.39, 0.29) is 0 Å². The summed E-state index contributed by atoms with van der Waals surface area (Å²) >= 11 is 5.88. The first-order valence-corrected chi connectivity index (χ1v) is 7.07. The van der Waals surface area contributed by atoms with Gasteiger partial charge in [0.25, 0.3) is 0 Å². The average Bonchev–Trinajstić information content (AvgIpc) is 3.13. The lowest BCUT2D eigenvalue weighted by molar-refractivity contribution is 0.343. The summed E-state index contributed by atoms with van der Waals surface area (Å²) in [5.74, 6) is 2.58. The second kappa shape index (κ2) is 4.81. The number of aryl methyl sites for hydroxylation is 1. The summed E-state index contributed by atoms with van der Waals surface area (Å²) in [6, 6.07) is 6.77. The van der Waals surface area contributed by atoms with E-state index in [4.69, 9.17) is 21.3 Å². The van der Waals surface area contributed by atoms with Crippen molar-refractivity contribution in [2.75, 3.05) is 12.5 Å². The highest BCUT2D eigenvalue weighted by Gasteiger charge is 2.28. The predicted molar refractivity (Wildman–Crippen MR) is 73.6 cm³/mol. The maximum absolute atomic E-state index is 5.88. The number of halogens is 1. The second-order valence-corrected chi connectivity index (χ2v) is 5.00. The zero-order valence-electron chi connectivity index (χ0n) is 10.5. The van der Waals surface area contributed by atoms with Gasteiger partial charge in [-0.3, -0.25) is 0 Å². The summed E-state index contributed by atoms with van der Waals surface area (Å²) in [4.78, 5) is 4.74.